The number of hydrogen-bond acceptors (Lipinski definition) is 11. The van der Waals surface area contributed by atoms with E-state index in [9.17, 15) is 9.90 Å². The van der Waals surface area contributed by atoms with Crippen molar-refractivity contribution in [2.45, 2.75) is 117 Å². The lowest BCUT2D eigenvalue weighted by atomic mass is 10.0. The molecule has 2 aromatic heterocycles. The third kappa shape index (κ3) is 10.5. The lowest BCUT2D eigenvalue weighted by Gasteiger charge is -2.39. The molecule has 0 saturated carbocycles. The van der Waals surface area contributed by atoms with Gasteiger partial charge in [0.05, 0.1) is 36.3 Å². The van der Waals surface area contributed by atoms with Gasteiger partial charge in [-0.05, 0) is 77.7 Å². The fourth-order valence-electron chi connectivity index (χ4n) is 5.25. The molecule has 1 aliphatic rings. The molecule has 49 heavy (non-hydrogen) atoms. The summed E-state index contributed by atoms with van der Waals surface area (Å²) in [5, 5.41) is 21.1. The highest BCUT2D eigenvalue weighted by atomic mass is 28.4. The zero-order valence-corrected chi connectivity index (χ0v) is 31.9. The average Bonchev–Trinajstić information content (AvgIpc) is 3.35. The molecular formula is C36H55N5O7Si. The quantitative estimate of drug-likeness (QED) is 0.156. The molecule has 12 nitrogen and oxygen atoms in total. The molecule has 0 radical (unpaired) electrons. The summed E-state index contributed by atoms with van der Waals surface area (Å²) in [4.78, 5) is 22.2. The highest BCUT2D eigenvalue weighted by Crippen LogP contribution is 2.38. The normalized spacial score (nSPS) is 15.2. The highest BCUT2D eigenvalue weighted by molar-refractivity contribution is 6.74. The number of ether oxygens (including phenoxy) is 3. The smallest absolute Gasteiger partial charge is 0.407 e. The Kier molecular flexibility index (Phi) is 12.5. The summed E-state index contributed by atoms with van der Waals surface area (Å²) < 4.78 is 29.6. The molecule has 3 aromatic rings. The first-order valence-electron chi connectivity index (χ1n) is 17.1. The van der Waals surface area contributed by atoms with Gasteiger partial charge in [0.15, 0.2) is 14.1 Å². The van der Waals surface area contributed by atoms with Crippen molar-refractivity contribution in [2.75, 3.05) is 31.7 Å². The first kappa shape index (κ1) is 38.3. The Morgan fingerprint density at radius 3 is 2.43 bits per heavy atom. The summed E-state index contributed by atoms with van der Waals surface area (Å²) >= 11 is 0. The number of hydrogen-bond donors (Lipinski definition) is 3. The molecule has 1 aromatic carbocycles. The molecule has 1 fully saturated rings. The van der Waals surface area contributed by atoms with E-state index in [1.165, 1.54) is 0 Å². The number of aliphatic hydroxyl groups excluding tert-OH is 1. The Morgan fingerprint density at radius 1 is 1.10 bits per heavy atom. The number of carbonyl (C=O) groups excluding carboxylic acids is 1. The number of rotatable bonds is 13. The molecule has 1 unspecified atom stereocenters. The number of amides is 1. The maximum absolute atomic E-state index is 12.3. The van der Waals surface area contributed by atoms with Gasteiger partial charge in [-0.2, -0.15) is 0 Å². The predicted molar refractivity (Wildman–Crippen MR) is 192 cm³/mol. The van der Waals surface area contributed by atoms with Crippen LogP contribution in [0.4, 0.5) is 10.6 Å². The molecule has 1 amide bonds. The van der Waals surface area contributed by atoms with Gasteiger partial charge in [-0.25, -0.2) is 14.8 Å². The summed E-state index contributed by atoms with van der Waals surface area (Å²) in [7, 11) is -2.17. The fraction of sp³-hybridized carbons (Fsp3) is 0.611. The zero-order valence-electron chi connectivity index (χ0n) is 30.9. The Hall–Kier alpha value is -3.52. The van der Waals surface area contributed by atoms with Crippen LogP contribution in [-0.4, -0.2) is 78.8 Å². The van der Waals surface area contributed by atoms with Gasteiger partial charge in [-0.1, -0.05) is 38.1 Å². The van der Waals surface area contributed by atoms with E-state index in [-0.39, 0.29) is 42.5 Å². The Balaban J connectivity index is 1.61. The summed E-state index contributed by atoms with van der Waals surface area (Å²) in [5.41, 5.74) is 2.93. The van der Waals surface area contributed by atoms with Gasteiger partial charge in [0.1, 0.15) is 23.9 Å². The number of aromatic nitrogens is 3. The zero-order chi connectivity index (χ0) is 36.0. The molecule has 1 saturated heterocycles. The summed E-state index contributed by atoms with van der Waals surface area (Å²) in [6.45, 7) is 21.9. The maximum Gasteiger partial charge on any atom is 0.407 e. The number of anilines is 1. The topological polar surface area (TPSA) is 150 Å². The van der Waals surface area contributed by atoms with E-state index in [2.05, 4.69) is 49.7 Å². The van der Waals surface area contributed by atoms with Gasteiger partial charge in [-0.15, -0.1) is 0 Å². The first-order valence-corrected chi connectivity index (χ1v) is 20.0. The van der Waals surface area contributed by atoms with Crippen molar-refractivity contribution < 1.29 is 33.1 Å². The molecule has 270 valence electrons. The fourth-order valence-corrected chi connectivity index (χ4v) is 6.63. The SMILES string of the molecule is Cc1noc(C)c1-c1nc(-c2cccc(OCC(CCOC(=O)NC(C)(C)C)O[Si](C)(C)C(C)(C)C)c2)nc(NC2CCOCC2)c1CO. The predicted octanol–water partition coefficient (Wildman–Crippen LogP) is 7.18. The van der Waals surface area contributed by atoms with Crippen molar-refractivity contribution in [3.63, 3.8) is 0 Å². The molecule has 0 spiro atoms. The lowest BCUT2D eigenvalue weighted by molar-refractivity contribution is 0.0766. The van der Waals surface area contributed by atoms with Gasteiger partial charge in [0.2, 0.25) is 0 Å². The van der Waals surface area contributed by atoms with Crippen LogP contribution in [0.3, 0.4) is 0 Å². The summed E-state index contributed by atoms with van der Waals surface area (Å²) in [6.07, 6.45) is 1.39. The standard InChI is InChI=1S/C36H55N5O7Si/c1-23-30(24(2)47-41-23)31-29(21-42)33(37-26-14-17-44-18-15-26)39-32(38-31)25-12-11-13-27(20-25)46-22-28(48-49(9,10)36(6,7)8)16-19-45-34(43)40-35(3,4)5/h11-13,20,26,28,42H,14-19,21-22H2,1-10H3,(H,40,43)(H,37,38,39). The maximum atomic E-state index is 12.3. The Labute approximate surface area is 291 Å². The van der Waals surface area contributed by atoms with E-state index >= 15 is 0 Å². The van der Waals surface area contributed by atoms with Crippen molar-refractivity contribution in [3.05, 3.63) is 41.3 Å². The largest absolute Gasteiger partial charge is 0.491 e. The number of aryl methyl sites for hydroxylation is 2. The minimum Gasteiger partial charge on any atom is -0.491 e. The van der Waals surface area contributed by atoms with E-state index in [0.29, 0.717) is 59.7 Å². The summed E-state index contributed by atoms with van der Waals surface area (Å²) in [6, 6.07) is 7.77. The minimum atomic E-state index is -2.17. The van der Waals surface area contributed by atoms with Crippen molar-refractivity contribution >= 4 is 20.2 Å². The van der Waals surface area contributed by atoms with Gasteiger partial charge in [0, 0.05) is 42.3 Å². The number of alkyl carbamates (subject to hydrolysis) is 1. The number of nitrogens with zero attached hydrogens (tertiary/aromatic N) is 3. The number of aliphatic hydroxyl groups is 1. The van der Waals surface area contributed by atoms with E-state index in [0.717, 1.165) is 24.0 Å². The van der Waals surface area contributed by atoms with E-state index < -0.39 is 14.4 Å². The van der Waals surface area contributed by atoms with E-state index in [4.69, 9.17) is 33.1 Å². The van der Waals surface area contributed by atoms with Crippen molar-refractivity contribution in [1.82, 2.24) is 20.4 Å². The monoisotopic (exact) mass is 697 g/mol. The van der Waals surface area contributed by atoms with Crippen LogP contribution in [0, 0.1) is 13.8 Å². The van der Waals surface area contributed by atoms with Crippen LogP contribution in [0.1, 0.15) is 77.8 Å². The number of nitrogens with one attached hydrogen (secondary N) is 2. The molecule has 4 rings (SSSR count). The van der Waals surface area contributed by atoms with Crippen LogP contribution in [0.25, 0.3) is 22.6 Å². The molecule has 0 aliphatic carbocycles. The second-order valence-corrected chi connectivity index (χ2v) is 20.0. The van der Waals surface area contributed by atoms with Crippen LogP contribution < -0.4 is 15.4 Å². The lowest BCUT2D eigenvalue weighted by Crippen LogP contribution is -2.46. The second kappa shape index (κ2) is 16.0. The van der Waals surface area contributed by atoms with Crippen LogP contribution in [0.5, 0.6) is 5.75 Å². The second-order valence-electron chi connectivity index (χ2n) is 15.2. The van der Waals surface area contributed by atoms with Gasteiger partial charge in [0.25, 0.3) is 0 Å². The number of benzene rings is 1. The van der Waals surface area contributed by atoms with Crippen LogP contribution in [-0.2, 0) is 20.5 Å². The van der Waals surface area contributed by atoms with Crippen LogP contribution >= 0.6 is 0 Å². The minimum absolute atomic E-state index is 0.0109. The average molecular weight is 698 g/mol. The Bertz CT molecular complexity index is 1540. The van der Waals surface area contributed by atoms with Crippen LogP contribution in [0.15, 0.2) is 28.8 Å². The molecule has 1 atom stereocenters. The van der Waals surface area contributed by atoms with Gasteiger partial charge in [-0.3, -0.25) is 0 Å². The molecule has 0 bridgehead atoms. The Morgan fingerprint density at radius 2 is 1.82 bits per heavy atom. The third-order valence-electron chi connectivity index (χ3n) is 8.94. The van der Waals surface area contributed by atoms with Crippen molar-refractivity contribution in [3.8, 4) is 28.4 Å². The van der Waals surface area contributed by atoms with Crippen molar-refractivity contribution in [2.24, 2.45) is 0 Å². The molecule has 3 N–H and O–H groups in total. The molecular weight excluding hydrogens is 643 g/mol. The molecule has 3 heterocycles. The molecule has 13 heteroatoms. The highest BCUT2D eigenvalue weighted by Gasteiger charge is 2.39. The first-order chi connectivity index (χ1) is 23.0. The van der Waals surface area contributed by atoms with Crippen LogP contribution in [0.2, 0.25) is 18.1 Å². The van der Waals surface area contributed by atoms with E-state index in [1.807, 2.05) is 58.9 Å². The van der Waals surface area contributed by atoms with Gasteiger partial charge < -0.3 is 38.9 Å². The molecule has 1 aliphatic heterocycles. The van der Waals surface area contributed by atoms with Crippen molar-refractivity contribution in [1.29, 1.82) is 0 Å². The number of carbonyl (C=O) groups is 1. The van der Waals surface area contributed by atoms with E-state index in [1.54, 1.807) is 0 Å². The van der Waals surface area contributed by atoms with Gasteiger partial charge >= 0.3 is 6.09 Å². The summed E-state index contributed by atoms with van der Waals surface area (Å²) in [5.74, 6) is 2.28. The third-order valence-corrected chi connectivity index (χ3v) is 13.5.